The van der Waals surface area contributed by atoms with Gasteiger partial charge in [0.1, 0.15) is 0 Å². The molecule has 0 aliphatic rings. The Balaban J connectivity index is 2.05. The zero-order chi connectivity index (χ0) is 17.0. The maximum atomic E-state index is 12.5. The Kier molecular flexibility index (Phi) is 5.59. The van der Waals surface area contributed by atoms with Crippen molar-refractivity contribution in [3.63, 3.8) is 0 Å². The number of halogens is 4. The number of carbonyl (C=O) groups is 1. The normalized spacial score (nSPS) is 11.3. The number of carbonyl (C=O) groups excluding carboxylic acids is 1. The summed E-state index contributed by atoms with van der Waals surface area (Å²) in [5, 5.41) is 2.98. The number of amides is 1. The molecule has 1 N–H and O–H groups in total. The van der Waals surface area contributed by atoms with Crippen LogP contribution in [0.2, 0.25) is 5.02 Å². The summed E-state index contributed by atoms with van der Waals surface area (Å²) in [6.07, 6.45) is -2.49. The van der Waals surface area contributed by atoms with Crippen molar-refractivity contribution in [3.8, 4) is 0 Å². The molecule has 0 aliphatic heterocycles. The van der Waals surface area contributed by atoms with Gasteiger partial charge in [-0.2, -0.15) is 13.2 Å². The van der Waals surface area contributed by atoms with Crippen molar-refractivity contribution in [2.45, 2.75) is 17.6 Å². The molecular weight excluding hydrogens is 347 g/mol. The van der Waals surface area contributed by atoms with E-state index >= 15 is 0 Å². The topological polar surface area (TPSA) is 29.1 Å². The quantitative estimate of drug-likeness (QED) is 0.777. The van der Waals surface area contributed by atoms with Crippen molar-refractivity contribution in [3.05, 3.63) is 64.2 Å². The Morgan fingerprint density at radius 2 is 1.83 bits per heavy atom. The molecule has 0 radical (unpaired) electrons. The van der Waals surface area contributed by atoms with Gasteiger partial charge in [-0.05, 0) is 42.2 Å². The summed E-state index contributed by atoms with van der Waals surface area (Å²) in [5.41, 5.74) is 0.192. The van der Waals surface area contributed by atoms with Gasteiger partial charge in [-0.1, -0.05) is 23.7 Å². The van der Waals surface area contributed by atoms with Crippen molar-refractivity contribution >= 4 is 29.3 Å². The van der Waals surface area contributed by atoms with Crippen molar-refractivity contribution in [2.75, 3.05) is 6.26 Å². The lowest BCUT2D eigenvalue weighted by atomic mass is 10.1. The lowest BCUT2D eigenvalue weighted by Gasteiger charge is -2.10. The highest BCUT2D eigenvalue weighted by atomic mass is 35.5. The van der Waals surface area contributed by atoms with E-state index in [9.17, 15) is 18.0 Å². The third-order valence-electron chi connectivity index (χ3n) is 3.15. The molecular formula is C16H13ClF3NOS. The Bertz CT molecular complexity index is 701. The van der Waals surface area contributed by atoms with Gasteiger partial charge in [0.15, 0.2) is 0 Å². The number of rotatable bonds is 4. The fourth-order valence-electron chi connectivity index (χ4n) is 1.89. The summed E-state index contributed by atoms with van der Waals surface area (Å²) < 4.78 is 37.5. The first-order valence-electron chi connectivity index (χ1n) is 6.59. The lowest BCUT2D eigenvalue weighted by molar-refractivity contribution is -0.137. The molecule has 2 nitrogen and oxygen atoms in total. The summed E-state index contributed by atoms with van der Waals surface area (Å²) in [5.74, 6) is -0.370. The van der Waals surface area contributed by atoms with Gasteiger partial charge in [-0.15, -0.1) is 11.8 Å². The van der Waals surface area contributed by atoms with Crippen molar-refractivity contribution in [1.29, 1.82) is 0 Å². The van der Waals surface area contributed by atoms with E-state index in [1.807, 2.05) is 6.26 Å². The fourth-order valence-corrected chi connectivity index (χ4v) is 2.54. The van der Waals surface area contributed by atoms with Crippen LogP contribution in [0.1, 0.15) is 21.5 Å². The van der Waals surface area contributed by atoms with E-state index in [1.165, 1.54) is 23.9 Å². The third-order valence-corrected chi connectivity index (χ3v) is 4.21. The molecule has 1 amide bonds. The van der Waals surface area contributed by atoms with Crippen LogP contribution in [0.3, 0.4) is 0 Å². The van der Waals surface area contributed by atoms with Crippen LogP contribution in [-0.4, -0.2) is 12.2 Å². The third kappa shape index (κ3) is 4.65. The molecule has 122 valence electrons. The average Bonchev–Trinajstić information content (AvgIpc) is 2.52. The van der Waals surface area contributed by atoms with E-state index in [1.54, 1.807) is 18.2 Å². The van der Waals surface area contributed by atoms with Crippen molar-refractivity contribution in [1.82, 2.24) is 5.32 Å². The largest absolute Gasteiger partial charge is 0.416 e. The smallest absolute Gasteiger partial charge is 0.348 e. The van der Waals surface area contributed by atoms with Crippen LogP contribution in [-0.2, 0) is 12.7 Å². The Morgan fingerprint density at radius 1 is 1.17 bits per heavy atom. The molecule has 0 aliphatic carbocycles. The van der Waals surface area contributed by atoms with Gasteiger partial charge in [0.25, 0.3) is 5.91 Å². The minimum Gasteiger partial charge on any atom is -0.348 e. The Morgan fingerprint density at radius 3 is 2.39 bits per heavy atom. The van der Waals surface area contributed by atoms with Gasteiger partial charge in [0.05, 0.1) is 16.1 Å². The molecule has 0 aromatic heterocycles. The van der Waals surface area contributed by atoms with Gasteiger partial charge < -0.3 is 5.32 Å². The first-order valence-corrected chi connectivity index (χ1v) is 8.19. The van der Waals surface area contributed by atoms with Crippen LogP contribution in [0.5, 0.6) is 0 Å². The zero-order valence-corrected chi connectivity index (χ0v) is 13.6. The number of benzene rings is 2. The predicted octanol–water partition coefficient (Wildman–Crippen LogP) is 5.01. The molecule has 0 fully saturated rings. The van der Waals surface area contributed by atoms with E-state index in [0.717, 1.165) is 17.0 Å². The molecule has 0 atom stereocenters. The van der Waals surface area contributed by atoms with Gasteiger partial charge in [0, 0.05) is 11.4 Å². The molecule has 0 spiro atoms. The SMILES string of the molecule is CSc1ccc(Cl)c(C(=O)NCc2ccc(C(F)(F)F)cc2)c1. The minimum absolute atomic E-state index is 0.122. The molecule has 0 unspecified atom stereocenters. The lowest BCUT2D eigenvalue weighted by Crippen LogP contribution is -2.23. The molecule has 2 aromatic rings. The van der Waals surface area contributed by atoms with Crippen LogP contribution in [0.4, 0.5) is 13.2 Å². The van der Waals surface area contributed by atoms with E-state index in [4.69, 9.17) is 11.6 Å². The average molecular weight is 360 g/mol. The van der Waals surface area contributed by atoms with Crippen molar-refractivity contribution < 1.29 is 18.0 Å². The first-order chi connectivity index (χ1) is 10.8. The number of hydrogen-bond acceptors (Lipinski definition) is 2. The van der Waals surface area contributed by atoms with Gasteiger partial charge in [-0.25, -0.2) is 0 Å². The van der Waals surface area contributed by atoms with Crippen LogP contribution in [0.15, 0.2) is 47.4 Å². The second kappa shape index (κ2) is 7.27. The summed E-state index contributed by atoms with van der Waals surface area (Å²) in [6.45, 7) is 0.122. The highest BCUT2D eigenvalue weighted by molar-refractivity contribution is 7.98. The van der Waals surface area contributed by atoms with Crippen LogP contribution in [0, 0.1) is 0 Å². The maximum Gasteiger partial charge on any atom is 0.416 e. The molecule has 2 rings (SSSR count). The zero-order valence-electron chi connectivity index (χ0n) is 12.1. The van der Waals surface area contributed by atoms with Crippen molar-refractivity contribution in [2.24, 2.45) is 0 Å². The van der Waals surface area contributed by atoms with Gasteiger partial charge >= 0.3 is 6.18 Å². The molecule has 0 saturated carbocycles. The summed E-state index contributed by atoms with van der Waals surface area (Å²) in [6, 6.07) is 9.77. The molecule has 0 heterocycles. The second-order valence-electron chi connectivity index (χ2n) is 4.72. The number of hydrogen-bond donors (Lipinski definition) is 1. The molecule has 0 bridgehead atoms. The summed E-state index contributed by atoms with van der Waals surface area (Å²) >= 11 is 7.49. The standard InChI is InChI=1S/C16H13ClF3NOS/c1-23-12-6-7-14(17)13(8-12)15(22)21-9-10-2-4-11(5-3-10)16(18,19)20/h2-8H,9H2,1H3,(H,21,22). The number of nitrogens with one attached hydrogen (secondary N) is 1. The monoisotopic (exact) mass is 359 g/mol. The Labute approximate surface area is 141 Å². The van der Waals surface area contributed by atoms with E-state index < -0.39 is 11.7 Å². The van der Waals surface area contributed by atoms with Gasteiger partial charge in [-0.3, -0.25) is 4.79 Å². The second-order valence-corrected chi connectivity index (χ2v) is 6.01. The molecule has 23 heavy (non-hydrogen) atoms. The fraction of sp³-hybridized carbons (Fsp3) is 0.188. The summed E-state index contributed by atoms with van der Waals surface area (Å²) in [7, 11) is 0. The van der Waals surface area contributed by atoms with E-state index in [0.29, 0.717) is 16.1 Å². The highest BCUT2D eigenvalue weighted by Crippen LogP contribution is 2.29. The number of alkyl halides is 3. The number of thioether (sulfide) groups is 1. The van der Waals surface area contributed by atoms with Crippen LogP contribution in [0.25, 0.3) is 0 Å². The van der Waals surface area contributed by atoms with Crippen LogP contribution < -0.4 is 5.32 Å². The maximum absolute atomic E-state index is 12.5. The molecule has 2 aromatic carbocycles. The van der Waals surface area contributed by atoms with Gasteiger partial charge in [0.2, 0.25) is 0 Å². The minimum atomic E-state index is -4.37. The Hall–Kier alpha value is -1.66. The first kappa shape index (κ1) is 17.7. The highest BCUT2D eigenvalue weighted by Gasteiger charge is 2.29. The molecule has 0 saturated heterocycles. The summed E-state index contributed by atoms with van der Waals surface area (Å²) in [4.78, 5) is 13.0. The predicted molar refractivity (Wildman–Crippen MR) is 85.8 cm³/mol. The van der Waals surface area contributed by atoms with Crippen LogP contribution >= 0.6 is 23.4 Å². The van der Waals surface area contributed by atoms with E-state index in [-0.39, 0.29) is 12.5 Å². The molecule has 7 heteroatoms. The van der Waals surface area contributed by atoms with E-state index in [2.05, 4.69) is 5.32 Å².